The van der Waals surface area contributed by atoms with Crippen LogP contribution >= 0.6 is 15.9 Å². The summed E-state index contributed by atoms with van der Waals surface area (Å²) in [6.07, 6.45) is 0. The highest BCUT2D eigenvalue weighted by Crippen LogP contribution is 2.26. The molecule has 0 fully saturated rings. The summed E-state index contributed by atoms with van der Waals surface area (Å²) in [4.78, 5) is 51.8. The highest BCUT2D eigenvalue weighted by molar-refractivity contribution is 9.10. The van der Waals surface area contributed by atoms with Crippen molar-refractivity contribution < 1.29 is 24.0 Å². The van der Waals surface area contributed by atoms with Gasteiger partial charge in [-0.15, -0.1) is 0 Å². The first-order valence-electron chi connectivity index (χ1n) is 9.18. The first-order chi connectivity index (χ1) is 15.3. The number of imidazole rings is 1. The van der Waals surface area contributed by atoms with Crippen LogP contribution in [-0.4, -0.2) is 53.6 Å². The van der Waals surface area contributed by atoms with Crippen molar-refractivity contribution in [1.82, 2.24) is 9.97 Å². The van der Waals surface area contributed by atoms with E-state index in [2.05, 4.69) is 36.5 Å². The number of H-pyrrole nitrogens is 2. The van der Waals surface area contributed by atoms with Gasteiger partial charge in [0.15, 0.2) is 6.61 Å². The number of aromatic nitrogens is 2. The van der Waals surface area contributed by atoms with Crippen LogP contribution in [0, 0.1) is 10.1 Å². The highest BCUT2D eigenvalue weighted by atomic mass is 79.9. The average molecular weight is 508 g/mol. The SMILES string of the molecule is COCCNc1ccc([N+](=O)[O-])cc1C(=O)OCC(=O)Nc1cc2[nH]c(=O)[nH]c2cc1Br. The molecule has 0 unspecified atom stereocenters. The largest absolute Gasteiger partial charge is 0.452 e. The molecule has 12 nitrogen and oxygen atoms in total. The number of hydrogen-bond donors (Lipinski definition) is 4. The van der Waals surface area contributed by atoms with Crippen molar-refractivity contribution in [3.8, 4) is 0 Å². The highest BCUT2D eigenvalue weighted by Gasteiger charge is 2.19. The van der Waals surface area contributed by atoms with E-state index < -0.39 is 29.1 Å². The van der Waals surface area contributed by atoms with E-state index in [4.69, 9.17) is 9.47 Å². The van der Waals surface area contributed by atoms with Gasteiger partial charge in [-0.25, -0.2) is 9.59 Å². The number of carbonyl (C=O) groups is 2. The number of esters is 1. The Labute approximate surface area is 188 Å². The van der Waals surface area contributed by atoms with Gasteiger partial charge in [0, 0.05) is 35.9 Å². The number of aromatic amines is 2. The van der Waals surface area contributed by atoms with Crippen molar-refractivity contribution in [2.45, 2.75) is 0 Å². The molecule has 0 atom stereocenters. The van der Waals surface area contributed by atoms with E-state index >= 15 is 0 Å². The molecule has 0 saturated carbocycles. The van der Waals surface area contributed by atoms with Gasteiger partial charge in [0.1, 0.15) is 0 Å². The Morgan fingerprint density at radius 2 is 1.88 bits per heavy atom. The zero-order valence-corrected chi connectivity index (χ0v) is 18.3. The lowest BCUT2D eigenvalue weighted by atomic mass is 10.1. The molecule has 2 aromatic carbocycles. The maximum absolute atomic E-state index is 12.5. The molecular formula is C19H18BrN5O7. The standard InChI is InChI=1S/C19H18BrN5O7/c1-31-5-4-21-13-3-2-10(25(29)30)6-11(13)18(27)32-9-17(26)22-14-8-16-15(7-12(14)20)23-19(28)24-16/h2-3,6-8,21H,4-5,9H2,1H3,(H,22,26)(H2,23,24,28). The Hall–Kier alpha value is -3.71. The number of hydrogen-bond acceptors (Lipinski definition) is 8. The lowest BCUT2D eigenvalue weighted by Gasteiger charge is -2.12. The zero-order valence-electron chi connectivity index (χ0n) is 16.7. The van der Waals surface area contributed by atoms with Gasteiger partial charge in [0.2, 0.25) is 0 Å². The van der Waals surface area contributed by atoms with Gasteiger partial charge in [0.05, 0.1) is 33.8 Å². The van der Waals surface area contributed by atoms with Crippen LogP contribution in [0.15, 0.2) is 39.6 Å². The molecule has 0 bridgehead atoms. The van der Waals surface area contributed by atoms with Gasteiger partial charge in [-0.05, 0) is 34.1 Å². The molecule has 1 heterocycles. The average Bonchev–Trinajstić information content (AvgIpc) is 3.11. The summed E-state index contributed by atoms with van der Waals surface area (Å²) in [7, 11) is 1.51. The van der Waals surface area contributed by atoms with E-state index in [1.165, 1.54) is 25.3 Å². The molecule has 0 aliphatic heterocycles. The van der Waals surface area contributed by atoms with Crippen molar-refractivity contribution in [3.63, 3.8) is 0 Å². The quantitative estimate of drug-likeness (QED) is 0.148. The van der Waals surface area contributed by atoms with E-state index in [-0.39, 0.29) is 11.3 Å². The van der Waals surface area contributed by atoms with Gasteiger partial charge in [-0.2, -0.15) is 0 Å². The number of halogens is 1. The number of nitro benzene ring substituents is 1. The molecule has 0 radical (unpaired) electrons. The van der Waals surface area contributed by atoms with Crippen LogP contribution in [0.3, 0.4) is 0 Å². The van der Waals surface area contributed by atoms with Gasteiger partial charge in [-0.1, -0.05) is 0 Å². The Balaban J connectivity index is 1.69. The van der Waals surface area contributed by atoms with Crippen LogP contribution < -0.4 is 16.3 Å². The summed E-state index contributed by atoms with van der Waals surface area (Å²) in [6, 6.07) is 6.85. The summed E-state index contributed by atoms with van der Waals surface area (Å²) < 4.78 is 10.5. The number of methoxy groups -OCH3 is 1. The van der Waals surface area contributed by atoms with Gasteiger partial charge >= 0.3 is 11.7 Å². The molecule has 13 heteroatoms. The molecule has 1 amide bonds. The van der Waals surface area contributed by atoms with Crippen molar-refractivity contribution >= 4 is 55.9 Å². The molecular weight excluding hydrogens is 490 g/mol. The topological polar surface area (TPSA) is 168 Å². The van der Waals surface area contributed by atoms with E-state index in [9.17, 15) is 24.5 Å². The number of benzene rings is 2. The molecule has 0 saturated heterocycles. The molecule has 0 aliphatic rings. The Bertz CT molecular complexity index is 1240. The number of nitrogens with one attached hydrogen (secondary N) is 4. The number of ether oxygens (including phenoxy) is 2. The summed E-state index contributed by atoms with van der Waals surface area (Å²) in [6.45, 7) is 0.0690. The van der Waals surface area contributed by atoms with Gasteiger partial charge in [0.25, 0.3) is 11.6 Å². The number of amides is 1. The Morgan fingerprint density at radius 1 is 1.16 bits per heavy atom. The van der Waals surface area contributed by atoms with E-state index in [0.29, 0.717) is 40.0 Å². The molecule has 32 heavy (non-hydrogen) atoms. The van der Waals surface area contributed by atoms with Crippen molar-refractivity contribution in [2.24, 2.45) is 0 Å². The summed E-state index contributed by atoms with van der Waals surface area (Å²) >= 11 is 3.29. The second kappa shape index (κ2) is 10.1. The number of fused-ring (bicyclic) bond motifs is 1. The van der Waals surface area contributed by atoms with E-state index in [0.717, 1.165) is 6.07 Å². The third-order valence-corrected chi connectivity index (χ3v) is 4.92. The van der Waals surface area contributed by atoms with E-state index in [1.807, 2.05) is 0 Å². The predicted octanol–water partition coefficient (Wildman–Crippen LogP) is 2.38. The van der Waals surface area contributed by atoms with Crippen molar-refractivity contribution in [3.05, 3.63) is 61.0 Å². The maximum atomic E-state index is 12.5. The zero-order chi connectivity index (χ0) is 23.3. The van der Waals surface area contributed by atoms with Crippen LogP contribution in [0.4, 0.5) is 17.1 Å². The Kier molecular flexibility index (Phi) is 7.22. The molecule has 1 aromatic heterocycles. The van der Waals surface area contributed by atoms with Gasteiger partial charge in [-0.3, -0.25) is 14.9 Å². The predicted molar refractivity (Wildman–Crippen MR) is 119 cm³/mol. The fourth-order valence-electron chi connectivity index (χ4n) is 2.80. The number of rotatable bonds is 9. The molecule has 3 aromatic rings. The monoisotopic (exact) mass is 507 g/mol. The number of carbonyl (C=O) groups excluding carboxylic acids is 2. The smallest absolute Gasteiger partial charge is 0.341 e. The second-order valence-electron chi connectivity index (χ2n) is 6.49. The number of non-ortho nitro benzene ring substituents is 1. The normalized spacial score (nSPS) is 10.7. The number of anilines is 2. The molecule has 0 aliphatic carbocycles. The van der Waals surface area contributed by atoms with Crippen LogP contribution in [0.2, 0.25) is 0 Å². The second-order valence-corrected chi connectivity index (χ2v) is 7.34. The number of nitro groups is 1. The third-order valence-electron chi connectivity index (χ3n) is 4.27. The molecule has 0 spiro atoms. The minimum Gasteiger partial charge on any atom is -0.452 e. The third kappa shape index (κ3) is 5.50. The lowest BCUT2D eigenvalue weighted by molar-refractivity contribution is -0.384. The molecule has 3 rings (SSSR count). The lowest BCUT2D eigenvalue weighted by Crippen LogP contribution is -2.22. The molecule has 4 N–H and O–H groups in total. The van der Waals surface area contributed by atoms with Gasteiger partial charge < -0.3 is 30.1 Å². The summed E-state index contributed by atoms with van der Waals surface area (Å²) in [5.74, 6) is -1.55. The fraction of sp³-hybridized carbons (Fsp3) is 0.211. The summed E-state index contributed by atoms with van der Waals surface area (Å²) in [5.41, 5.74) is 0.913. The van der Waals surface area contributed by atoms with Crippen molar-refractivity contribution in [2.75, 3.05) is 37.5 Å². The minimum atomic E-state index is -0.909. The minimum absolute atomic E-state index is 0.0874. The first kappa shape index (κ1) is 23.0. The number of nitrogens with zero attached hydrogens (tertiary/aromatic N) is 1. The van der Waals surface area contributed by atoms with E-state index in [1.54, 1.807) is 6.07 Å². The fourth-order valence-corrected chi connectivity index (χ4v) is 3.25. The first-order valence-corrected chi connectivity index (χ1v) is 9.97. The maximum Gasteiger partial charge on any atom is 0.341 e. The Morgan fingerprint density at radius 3 is 2.56 bits per heavy atom. The molecule has 168 valence electrons. The van der Waals surface area contributed by atoms with Crippen LogP contribution in [0.5, 0.6) is 0 Å². The van der Waals surface area contributed by atoms with Crippen molar-refractivity contribution in [1.29, 1.82) is 0 Å². The van der Waals surface area contributed by atoms with Crippen LogP contribution in [0.25, 0.3) is 11.0 Å². The summed E-state index contributed by atoms with van der Waals surface area (Å²) in [5, 5.41) is 16.6. The van der Waals surface area contributed by atoms with Crippen LogP contribution in [-0.2, 0) is 14.3 Å². The van der Waals surface area contributed by atoms with Crippen LogP contribution in [0.1, 0.15) is 10.4 Å².